The van der Waals surface area contributed by atoms with Gasteiger partial charge in [-0.1, -0.05) is 36.0 Å². The minimum Gasteiger partial charge on any atom is -0.307 e. The smallest absolute Gasteiger partial charge is 0.307 e. The summed E-state index contributed by atoms with van der Waals surface area (Å²) in [6.07, 6.45) is 7.93. The maximum absolute atomic E-state index is 14.0. The zero-order chi connectivity index (χ0) is 16.3. The van der Waals surface area contributed by atoms with E-state index >= 15 is 0 Å². The van der Waals surface area contributed by atoms with E-state index < -0.39 is 7.59 Å². The van der Waals surface area contributed by atoms with Gasteiger partial charge in [0.05, 0.1) is 0 Å². The molecule has 3 heterocycles. The number of anilines is 1. The van der Waals surface area contributed by atoms with Crippen molar-refractivity contribution in [2.75, 3.05) is 31.3 Å². The fourth-order valence-corrected chi connectivity index (χ4v) is 6.53. The van der Waals surface area contributed by atoms with Gasteiger partial charge in [-0.2, -0.15) is 0 Å². The molecule has 23 heavy (non-hydrogen) atoms. The SMILES string of the molecule is O=P(Nc1c(Cl)ncnc1Cl)(N1CCCCC1)N1CCCCC1. The van der Waals surface area contributed by atoms with Crippen LogP contribution in [-0.2, 0) is 4.57 Å². The molecular weight excluding hydrogens is 356 g/mol. The van der Waals surface area contributed by atoms with E-state index in [9.17, 15) is 4.57 Å². The summed E-state index contributed by atoms with van der Waals surface area (Å²) in [7, 11) is -2.98. The number of rotatable bonds is 4. The van der Waals surface area contributed by atoms with Crippen molar-refractivity contribution in [1.82, 2.24) is 19.3 Å². The summed E-state index contributed by atoms with van der Waals surface area (Å²) in [5, 5.41) is 3.57. The Hall–Kier alpha value is -0.390. The van der Waals surface area contributed by atoms with Crippen LogP contribution in [0.5, 0.6) is 0 Å². The van der Waals surface area contributed by atoms with Crippen LogP contribution in [0.15, 0.2) is 6.33 Å². The molecule has 2 fully saturated rings. The van der Waals surface area contributed by atoms with E-state index in [1.165, 1.54) is 19.2 Å². The molecule has 1 aromatic heterocycles. The van der Waals surface area contributed by atoms with Gasteiger partial charge in [0.25, 0.3) is 0 Å². The van der Waals surface area contributed by atoms with Gasteiger partial charge in [-0.15, -0.1) is 0 Å². The molecular formula is C14H22Cl2N5OP. The summed E-state index contributed by atoms with van der Waals surface area (Å²) in [5.74, 6) is 0. The molecule has 2 aliphatic heterocycles. The van der Waals surface area contributed by atoms with Gasteiger partial charge < -0.3 is 5.09 Å². The normalized spacial score (nSPS) is 21.3. The molecule has 2 saturated heterocycles. The van der Waals surface area contributed by atoms with Gasteiger partial charge in [0, 0.05) is 26.2 Å². The van der Waals surface area contributed by atoms with E-state index in [1.54, 1.807) is 0 Å². The first-order chi connectivity index (χ1) is 11.1. The fraction of sp³-hybridized carbons (Fsp3) is 0.714. The van der Waals surface area contributed by atoms with Crippen LogP contribution in [0.1, 0.15) is 38.5 Å². The summed E-state index contributed by atoms with van der Waals surface area (Å²) in [4.78, 5) is 7.93. The molecule has 6 nitrogen and oxygen atoms in total. The van der Waals surface area contributed by atoms with Gasteiger partial charge >= 0.3 is 7.59 Å². The third-order valence-electron chi connectivity index (χ3n) is 4.44. The second kappa shape index (κ2) is 7.66. The van der Waals surface area contributed by atoms with Crippen molar-refractivity contribution in [3.63, 3.8) is 0 Å². The summed E-state index contributed by atoms with van der Waals surface area (Å²) in [6.45, 7) is 3.29. The highest BCUT2D eigenvalue weighted by Crippen LogP contribution is 2.56. The van der Waals surface area contributed by atoms with Crippen LogP contribution >= 0.6 is 30.8 Å². The lowest BCUT2D eigenvalue weighted by Crippen LogP contribution is -2.40. The van der Waals surface area contributed by atoms with Crippen LogP contribution in [-0.4, -0.2) is 45.5 Å². The molecule has 9 heteroatoms. The molecule has 0 aromatic carbocycles. The maximum atomic E-state index is 14.0. The predicted molar refractivity (Wildman–Crippen MR) is 94.1 cm³/mol. The zero-order valence-electron chi connectivity index (χ0n) is 13.0. The maximum Gasteiger partial charge on any atom is 0.308 e. The lowest BCUT2D eigenvalue weighted by atomic mass is 10.2. The van der Waals surface area contributed by atoms with Gasteiger partial charge in [-0.25, -0.2) is 19.3 Å². The highest BCUT2D eigenvalue weighted by molar-refractivity contribution is 7.60. The van der Waals surface area contributed by atoms with Gasteiger partial charge in [-0.05, 0) is 25.7 Å². The van der Waals surface area contributed by atoms with Crippen molar-refractivity contribution < 1.29 is 4.57 Å². The minimum absolute atomic E-state index is 0.208. The monoisotopic (exact) mass is 377 g/mol. The Bertz CT molecular complexity index is 548. The fourth-order valence-electron chi connectivity index (χ4n) is 3.20. The van der Waals surface area contributed by atoms with Gasteiger partial charge in [0.15, 0.2) is 10.3 Å². The highest BCUT2D eigenvalue weighted by atomic mass is 35.5. The third-order valence-corrected chi connectivity index (χ3v) is 7.87. The topological polar surface area (TPSA) is 61.4 Å². The molecule has 0 unspecified atom stereocenters. The van der Waals surface area contributed by atoms with Crippen molar-refractivity contribution >= 4 is 36.5 Å². The van der Waals surface area contributed by atoms with Gasteiger partial charge in [0.1, 0.15) is 12.0 Å². The van der Waals surface area contributed by atoms with Crippen molar-refractivity contribution in [2.24, 2.45) is 0 Å². The Morgan fingerprint density at radius 2 is 1.30 bits per heavy atom. The molecule has 0 aliphatic carbocycles. The lowest BCUT2D eigenvalue weighted by Gasteiger charge is -2.42. The van der Waals surface area contributed by atoms with E-state index in [0.29, 0.717) is 5.69 Å². The van der Waals surface area contributed by atoms with E-state index in [-0.39, 0.29) is 10.3 Å². The molecule has 0 amide bonds. The number of hydrogen-bond donors (Lipinski definition) is 1. The largest absolute Gasteiger partial charge is 0.308 e. The summed E-state index contributed by atoms with van der Waals surface area (Å²) < 4.78 is 18.1. The Labute approximate surface area is 147 Å². The molecule has 0 radical (unpaired) electrons. The minimum atomic E-state index is -2.98. The molecule has 0 bridgehead atoms. The van der Waals surface area contributed by atoms with E-state index in [1.807, 2.05) is 0 Å². The Morgan fingerprint density at radius 1 is 0.870 bits per heavy atom. The average molecular weight is 378 g/mol. The molecule has 0 atom stereocenters. The molecule has 2 aliphatic rings. The first-order valence-corrected chi connectivity index (χ1v) is 10.5. The van der Waals surface area contributed by atoms with Crippen molar-refractivity contribution in [2.45, 2.75) is 38.5 Å². The predicted octanol–water partition coefficient (Wildman–Crippen LogP) is 4.28. The molecule has 0 saturated carbocycles. The first-order valence-electron chi connectivity index (χ1n) is 8.16. The number of nitrogens with zero attached hydrogens (tertiary/aromatic N) is 4. The molecule has 0 spiro atoms. The van der Waals surface area contributed by atoms with E-state index in [4.69, 9.17) is 23.2 Å². The summed E-state index contributed by atoms with van der Waals surface area (Å²) in [6, 6.07) is 0. The number of piperidine rings is 2. The van der Waals surface area contributed by atoms with Gasteiger partial charge in [-0.3, -0.25) is 4.57 Å². The van der Waals surface area contributed by atoms with Crippen LogP contribution in [0.4, 0.5) is 5.69 Å². The summed E-state index contributed by atoms with van der Waals surface area (Å²) >= 11 is 12.3. The Morgan fingerprint density at radius 3 is 1.74 bits per heavy atom. The number of hydrogen-bond acceptors (Lipinski definition) is 3. The van der Waals surface area contributed by atoms with Crippen LogP contribution in [0.25, 0.3) is 0 Å². The lowest BCUT2D eigenvalue weighted by molar-refractivity contribution is 0.279. The standard InChI is InChI=1S/C14H22Cl2N5OP/c15-13-12(14(16)18-11-17-13)19-23(22,20-7-3-1-4-8-20)21-9-5-2-6-10-21/h11H,1-10H2,(H,19,22). The van der Waals surface area contributed by atoms with Crippen molar-refractivity contribution in [3.8, 4) is 0 Å². The van der Waals surface area contributed by atoms with Crippen LogP contribution in [0, 0.1) is 0 Å². The number of halogens is 2. The van der Waals surface area contributed by atoms with E-state index in [2.05, 4.69) is 24.4 Å². The molecule has 1 N–H and O–H groups in total. The quantitative estimate of drug-likeness (QED) is 0.624. The van der Waals surface area contributed by atoms with E-state index in [0.717, 1.165) is 51.9 Å². The average Bonchev–Trinajstić information content (AvgIpc) is 2.60. The molecule has 128 valence electrons. The number of aromatic nitrogens is 2. The van der Waals surface area contributed by atoms with Crippen molar-refractivity contribution in [3.05, 3.63) is 16.6 Å². The van der Waals surface area contributed by atoms with Crippen LogP contribution in [0.3, 0.4) is 0 Å². The van der Waals surface area contributed by atoms with Gasteiger partial charge in [0.2, 0.25) is 0 Å². The second-order valence-corrected chi connectivity index (χ2v) is 9.17. The molecule has 3 rings (SSSR count). The number of nitrogens with one attached hydrogen (secondary N) is 1. The van der Waals surface area contributed by atoms with Crippen molar-refractivity contribution in [1.29, 1.82) is 0 Å². The zero-order valence-corrected chi connectivity index (χ0v) is 15.5. The van der Waals surface area contributed by atoms with Crippen LogP contribution in [0.2, 0.25) is 10.3 Å². The Balaban J connectivity index is 1.92. The Kier molecular flexibility index (Phi) is 5.81. The first kappa shape index (κ1) is 17.4. The summed E-state index contributed by atoms with van der Waals surface area (Å²) in [5.41, 5.74) is 0.371. The molecule has 1 aromatic rings. The highest BCUT2D eigenvalue weighted by Gasteiger charge is 2.39. The van der Waals surface area contributed by atoms with Crippen LogP contribution < -0.4 is 5.09 Å². The second-order valence-electron chi connectivity index (χ2n) is 6.01. The third kappa shape index (κ3) is 3.83.